The molecule has 3 aromatic rings. The van der Waals surface area contributed by atoms with E-state index in [0.29, 0.717) is 23.6 Å². The molecule has 0 aliphatic rings. The number of tetrazole rings is 1. The standard InChI is InChI=1S/C16H16BrFN6O2/c1-25-14-6-11(8-20-24-16(19)21-22-23-24)12(17)7-15(14)26-9-10-4-2-3-5-13(10)18/h2-7,20H,8-9H2,1H3,(H2,19,21,23). The smallest absolute Gasteiger partial charge is 0.260 e. The number of aromatic nitrogens is 4. The summed E-state index contributed by atoms with van der Waals surface area (Å²) in [4.78, 5) is 1.27. The van der Waals surface area contributed by atoms with Crippen molar-refractivity contribution in [3.63, 3.8) is 0 Å². The summed E-state index contributed by atoms with van der Waals surface area (Å²) in [6.45, 7) is 0.480. The van der Waals surface area contributed by atoms with E-state index in [-0.39, 0.29) is 18.4 Å². The van der Waals surface area contributed by atoms with Crippen LogP contribution < -0.4 is 20.6 Å². The molecular weight excluding hydrogens is 407 g/mol. The highest BCUT2D eigenvalue weighted by Crippen LogP contribution is 2.34. The van der Waals surface area contributed by atoms with Crippen molar-refractivity contribution in [3.8, 4) is 11.5 Å². The highest BCUT2D eigenvalue weighted by atomic mass is 79.9. The van der Waals surface area contributed by atoms with Crippen molar-refractivity contribution in [1.29, 1.82) is 0 Å². The van der Waals surface area contributed by atoms with Gasteiger partial charge in [-0.3, -0.25) is 0 Å². The van der Waals surface area contributed by atoms with Crippen molar-refractivity contribution in [3.05, 3.63) is 57.8 Å². The molecule has 136 valence electrons. The van der Waals surface area contributed by atoms with Crippen LogP contribution in [-0.2, 0) is 13.2 Å². The molecule has 2 aromatic carbocycles. The number of nitrogens with two attached hydrogens (primary N) is 1. The SMILES string of the molecule is COc1cc(CNn2nnnc2N)c(Br)cc1OCc1ccccc1F. The average molecular weight is 423 g/mol. The summed E-state index contributed by atoms with van der Waals surface area (Å²) >= 11 is 3.49. The normalized spacial score (nSPS) is 10.6. The number of anilines is 1. The molecule has 8 nitrogen and oxygen atoms in total. The van der Waals surface area contributed by atoms with E-state index in [4.69, 9.17) is 15.2 Å². The molecule has 3 rings (SSSR count). The van der Waals surface area contributed by atoms with Crippen LogP contribution in [0.2, 0.25) is 0 Å². The van der Waals surface area contributed by atoms with Crippen molar-refractivity contribution in [2.45, 2.75) is 13.2 Å². The molecular formula is C16H16BrFN6O2. The summed E-state index contributed by atoms with van der Waals surface area (Å²) in [5.74, 6) is 0.850. The minimum Gasteiger partial charge on any atom is -0.493 e. The second-order valence-corrected chi connectivity index (χ2v) is 6.11. The Hall–Kier alpha value is -2.88. The predicted octanol–water partition coefficient (Wildman–Crippen LogP) is 2.49. The zero-order valence-electron chi connectivity index (χ0n) is 13.8. The van der Waals surface area contributed by atoms with Crippen LogP contribution >= 0.6 is 15.9 Å². The van der Waals surface area contributed by atoms with Crippen LogP contribution in [0.5, 0.6) is 11.5 Å². The van der Waals surface area contributed by atoms with Gasteiger partial charge in [-0.1, -0.05) is 39.2 Å². The van der Waals surface area contributed by atoms with Gasteiger partial charge in [0.1, 0.15) is 12.4 Å². The lowest BCUT2D eigenvalue weighted by Gasteiger charge is -2.15. The fourth-order valence-corrected chi connectivity index (χ4v) is 2.69. The summed E-state index contributed by atoms with van der Waals surface area (Å²) in [7, 11) is 1.54. The van der Waals surface area contributed by atoms with E-state index in [2.05, 4.69) is 36.9 Å². The van der Waals surface area contributed by atoms with Gasteiger partial charge < -0.3 is 20.6 Å². The lowest BCUT2D eigenvalue weighted by molar-refractivity contribution is 0.279. The van der Waals surface area contributed by atoms with Crippen LogP contribution in [0.1, 0.15) is 11.1 Å². The molecule has 26 heavy (non-hydrogen) atoms. The molecule has 0 fully saturated rings. The Balaban J connectivity index is 1.74. The van der Waals surface area contributed by atoms with Crippen LogP contribution in [-0.4, -0.2) is 27.4 Å². The van der Waals surface area contributed by atoms with Crippen molar-refractivity contribution in [1.82, 2.24) is 20.3 Å². The molecule has 0 spiro atoms. The number of hydrogen-bond donors (Lipinski definition) is 2. The van der Waals surface area contributed by atoms with Crippen LogP contribution in [0.15, 0.2) is 40.9 Å². The minimum absolute atomic E-state index is 0.0915. The summed E-state index contributed by atoms with van der Waals surface area (Å²) in [6, 6.07) is 10.0. The molecule has 1 aromatic heterocycles. The molecule has 0 unspecified atom stereocenters. The predicted molar refractivity (Wildman–Crippen MR) is 96.7 cm³/mol. The Morgan fingerprint density at radius 1 is 1.23 bits per heavy atom. The first-order valence-corrected chi connectivity index (χ1v) is 8.38. The number of nitrogens with one attached hydrogen (secondary N) is 1. The van der Waals surface area contributed by atoms with Gasteiger partial charge in [-0.2, -0.15) is 0 Å². The van der Waals surface area contributed by atoms with Gasteiger partial charge in [0.05, 0.1) is 13.7 Å². The van der Waals surface area contributed by atoms with E-state index in [9.17, 15) is 4.39 Å². The van der Waals surface area contributed by atoms with E-state index >= 15 is 0 Å². The van der Waals surface area contributed by atoms with Crippen molar-refractivity contribution in [2.75, 3.05) is 18.3 Å². The molecule has 0 saturated carbocycles. The van der Waals surface area contributed by atoms with Crippen LogP contribution in [0.4, 0.5) is 10.3 Å². The quantitative estimate of drug-likeness (QED) is 0.602. The van der Waals surface area contributed by atoms with E-state index in [1.54, 1.807) is 30.3 Å². The van der Waals surface area contributed by atoms with Gasteiger partial charge in [0, 0.05) is 10.0 Å². The maximum Gasteiger partial charge on any atom is 0.260 e. The van der Waals surface area contributed by atoms with Crippen LogP contribution in [0, 0.1) is 5.82 Å². The van der Waals surface area contributed by atoms with Crippen LogP contribution in [0.3, 0.4) is 0 Å². The molecule has 0 bridgehead atoms. The van der Waals surface area contributed by atoms with E-state index in [1.165, 1.54) is 18.0 Å². The molecule has 0 amide bonds. The third kappa shape index (κ3) is 4.02. The Morgan fingerprint density at radius 2 is 2.04 bits per heavy atom. The topological polar surface area (TPSA) is 100 Å². The maximum atomic E-state index is 13.7. The first-order chi connectivity index (χ1) is 12.6. The molecule has 0 atom stereocenters. The number of methoxy groups -OCH3 is 1. The largest absolute Gasteiger partial charge is 0.493 e. The third-order valence-electron chi connectivity index (χ3n) is 3.59. The lowest BCUT2D eigenvalue weighted by atomic mass is 10.2. The number of benzene rings is 2. The minimum atomic E-state index is -0.314. The summed E-state index contributed by atoms with van der Waals surface area (Å²) in [5, 5.41) is 10.7. The average Bonchev–Trinajstić information content (AvgIpc) is 3.05. The Bertz CT molecular complexity index is 904. The first kappa shape index (κ1) is 17.9. The Morgan fingerprint density at radius 3 is 2.73 bits per heavy atom. The molecule has 10 heteroatoms. The summed E-state index contributed by atoms with van der Waals surface area (Å²) < 4.78 is 25.6. The highest BCUT2D eigenvalue weighted by molar-refractivity contribution is 9.10. The number of rotatable bonds is 7. The zero-order chi connectivity index (χ0) is 18.5. The van der Waals surface area contributed by atoms with Gasteiger partial charge >= 0.3 is 0 Å². The number of nitrogen functional groups attached to an aromatic ring is 1. The Labute approximate surface area is 157 Å². The fraction of sp³-hybridized carbons (Fsp3) is 0.188. The monoisotopic (exact) mass is 422 g/mol. The number of hydrogen-bond acceptors (Lipinski definition) is 7. The van der Waals surface area contributed by atoms with Gasteiger partial charge in [0.15, 0.2) is 11.5 Å². The van der Waals surface area contributed by atoms with E-state index in [0.717, 1.165) is 10.0 Å². The summed E-state index contributed by atoms with van der Waals surface area (Å²) in [5.41, 5.74) is 9.91. The maximum absolute atomic E-state index is 13.7. The highest BCUT2D eigenvalue weighted by Gasteiger charge is 2.12. The van der Waals surface area contributed by atoms with Gasteiger partial charge in [0.2, 0.25) is 0 Å². The van der Waals surface area contributed by atoms with Crippen molar-refractivity contribution in [2.24, 2.45) is 0 Å². The number of halogens is 2. The molecule has 3 N–H and O–H groups in total. The van der Waals surface area contributed by atoms with E-state index in [1.807, 2.05) is 0 Å². The second kappa shape index (κ2) is 8.00. The second-order valence-electron chi connectivity index (χ2n) is 5.26. The molecule has 0 radical (unpaired) electrons. The molecule has 0 aliphatic carbocycles. The van der Waals surface area contributed by atoms with Gasteiger partial charge in [-0.15, -0.1) is 4.79 Å². The number of nitrogens with zero attached hydrogens (tertiary/aromatic N) is 4. The molecule has 0 aliphatic heterocycles. The van der Waals surface area contributed by atoms with Gasteiger partial charge in [0.25, 0.3) is 5.95 Å². The molecule has 1 heterocycles. The summed E-state index contributed by atoms with van der Waals surface area (Å²) in [6.07, 6.45) is 0. The Kier molecular flexibility index (Phi) is 5.52. The first-order valence-electron chi connectivity index (χ1n) is 7.59. The van der Waals surface area contributed by atoms with E-state index < -0.39 is 0 Å². The van der Waals surface area contributed by atoms with Gasteiger partial charge in [-0.25, -0.2) is 4.39 Å². The van der Waals surface area contributed by atoms with Crippen molar-refractivity contribution < 1.29 is 13.9 Å². The fourth-order valence-electron chi connectivity index (χ4n) is 2.22. The number of ether oxygens (including phenoxy) is 2. The lowest BCUT2D eigenvalue weighted by Crippen LogP contribution is -2.18. The van der Waals surface area contributed by atoms with Crippen LogP contribution in [0.25, 0.3) is 0 Å². The molecule has 0 saturated heterocycles. The third-order valence-corrected chi connectivity index (χ3v) is 4.32. The van der Waals surface area contributed by atoms with Gasteiger partial charge in [-0.05, 0) is 34.2 Å². The zero-order valence-corrected chi connectivity index (χ0v) is 15.4. The van der Waals surface area contributed by atoms with Crippen molar-refractivity contribution >= 4 is 21.9 Å².